The Balaban J connectivity index is 1.52. The highest BCUT2D eigenvalue weighted by molar-refractivity contribution is 5.35. The zero-order valence-corrected chi connectivity index (χ0v) is 14.2. The first-order valence-corrected chi connectivity index (χ1v) is 8.37. The number of ether oxygens (including phenoxy) is 3. The molecule has 0 aliphatic carbocycles. The summed E-state index contributed by atoms with van der Waals surface area (Å²) in [7, 11) is 0. The van der Waals surface area contributed by atoms with Crippen molar-refractivity contribution in [3.8, 4) is 23.1 Å². The van der Waals surface area contributed by atoms with E-state index >= 15 is 0 Å². The summed E-state index contributed by atoms with van der Waals surface area (Å²) in [6, 6.07) is 22.9. The number of benzene rings is 2. The van der Waals surface area contributed by atoms with Crippen LogP contribution >= 0.6 is 0 Å². The standard InChI is InChI=1S/C21H21NO3/c1-2-17(25-21-10-6-7-15-22-21)16-23-18-11-13-20(14-12-18)24-19-8-4-3-5-9-19/h3-15,17H,2,16H2,1H3. The average molecular weight is 335 g/mol. The van der Waals surface area contributed by atoms with Crippen LogP contribution in [0.5, 0.6) is 23.1 Å². The molecular formula is C21H21NO3. The quantitative estimate of drug-likeness (QED) is 0.573. The Bertz CT molecular complexity index is 745. The lowest BCUT2D eigenvalue weighted by atomic mass is 10.3. The molecule has 0 N–H and O–H groups in total. The van der Waals surface area contributed by atoms with Gasteiger partial charge in [0.05, 0.1) is 0 Å². The fraction of sp³-hybridized carbons (Fsp3) is 0.190. The van der Waals surface area contributed by atoms with Crippen LogP contribution in [0.15, 0.2) is 79.0 Å². The lowest BCUT2D eigenvalue weighted by Crippen LogP contribution is -2.24. The smallest absolute Gasteiger partial charge is 0.213 e. The monoisotopic (exact) mass is 335 g/mol. The van der Waals surface area contributed by atoms with Crippen LogP contribution in [0, 0.1) is 0 Å². The van der Waals surface area contributed by atoms with Crippen LogP contribution in [0.1, 0.15) is 13.3 Å². The normalized spacial score (nSPS) is 11.6. The van der Waals surface area contributed by atoms with Crippen molar-refractivity contribution in [3.05, 3.63) is 79.0 Å². The van der Waals surface area contributed by atoms with Gasteiger partial charge in [0, 0.05) is 12.3 Å². The minimum absolute atomic E-state index is 0.0462. The van der Waals surface area contributed by atoms with Crippen LogP contribution in [0.3, 0.4) is 0 Å². The van der Waals surface area contributed by atoms with Crippen molar-refractivity contribution in [2.45, 2.75) is 19.4 Å². The van der Waals surface area contributed by atoms with Gasteiger partial charge in [0.25, 0.3) is 0 Å². The molecular weight excluding hydrogens is 314 g/mol. The zero-order valence-electron chi connectivity index (χ0n) is 14.2. The third-order valence-electron chi connectivity index (χ3n) is 3.62. The molecule has 4 heteroatoms. The maximum atomic E-state index is 5.83. The van der Waals surface area contributed by atoms with Crippen molar-refractivity contribution in [1.82, 2.24) is 4.98 Å². The Morgan fingerprint density at radius 2 is 1.48 bits per heavy atom. The highest BCUT2D eigenvalue weighted by atomic mass is 16.5. The second-order valence-electron chi connectivity index (χ2n) is 5.51. The molecule has 0 aliphatic rings. The molecule has 1 atom stereocenters. The van der Waals surface area contributed by atoms with Crippen molar-refractivity contribution in [2.24, 2.45) is 0 Å². The molecule has 1 heterocycles. The Kier molecular flexibility index (Phi) is 5.88. The molecule has 3 aromatic rings. The molecule has 128 valence electrons. The van der Waals surface area contributed by atoms with Gasteiger partial charge in [0.15, 0.2) is 0 Å². The maximum Gasteiger partial charge on any atom is 0.213 e. The summed E-state index contributed by atoms with van der Waals surface area (Å²) in [5, 5.41) is 0. The van der Waals surface area contributed by atoms with Gasteiger partial charge in [-0.25, -0.2) is 4.98 Å². The topological polar surface area (TPSA) is 40.6 Å². The van der Waals surface area contributed by atoms with E-state index in [1.54, 1.807) is 6.20 Å². The molecule has 0 fully saturated rings. The second-order valence-corrected chi connectivity index (χ2v) is 5.51. The van der Waals surface area contributed by atoms with Gasteiger partial charge in [-0.2, -0.15) is 0 Å². The number of hydrogen-bond donors (Lipinski definition) is 0. The van der Waals surface area contributed by atoms with E-state index in [0.29, 0.717) is 12.5 Å². The van der Waals surface area contributed by atoms with E-state index in [2.05, 4.69) is 11.9 Å². The van der Waals surface area contributed by atoms with E-state index in [9.17, 15) is 0 Å². The molecule has 3 rings (SSSR count). The first kappa shape index (κ1) is 16.8. The van der Waals surface area contributed by atoms with Crippen molar-refractivity contribution in [3.63, 3.8) is 0 Å². The van der Waals surface area contributed by atoms with Gasteiger partial charge in [-0.3, -0.25) is 0 Å². The fourth-order valence-electron chi connectivity index (χ4n) is 2.24. The molecule has 0 saturated heterocycles. The van der Waals surface area contributed by atoms with E-state index in [4.69, 9.17) is 14.2 Å². The maximum absolute atomic E-state index is 5.83. The Morgan fingerprint density at radius 3 is 2.16 bits per heavy atom. The summed E-state index contributed by atoms with van der Waals surface area (Å²) in [5.41, 5.74) is 0. The average Bonchev–Trinajstić information content (AvgIpc) is 2.68. The predicted molar refractivity (Wildman–Crippen MR) is 97.4 cm³/mol. The summed E-state index contributed by atoms with van der Waals surface area (Å²) >= 11 is 0. The minimum atomic E-state index is -0.0462. The first-order chi connectivity index (χ1) is 12.3. The van der Waals surface area contributed by atoms with Gasteiger partial charge in [-0.1, -0.05) is 31.2 Å². The van der Waals surface area contributed by atoms with Gasteiger partial charge in [0.1, 0.15) is 30.0 Å². The molecule has 0 spiro atoms. The molecule has 0 aliphatic heterocycles. The third kappa shape index (κ3) is 5.24. The zero-order chi connectivity index (χ0) is 17.3. The number of aromatic nitrogens is 1. The van der Waals surface area contributed by atoms with Crippen LogP contribution in [-0.4, -0.2) is 17.7 Å². The fourth-order valence-corrected chi connectivity index (χ4v) is 2.24. The van der Waals surface area contributed by atoms with Crippen molar-refractivity contribution < 1.29 is 14.2 Å². The van der Waals surface area contributed by atoms with Crippen LogP contribution in [0.4, 0.5) is 0 Å². The van der Waals surface area contributed by atoms with Crippen LogP contribution in [-0.2, 0) is 0 Å². The first-order valence-electron chi connectivity index (χ1n) is 8.37. The largest absolute Gasteiger partial charge is 0.490 e. The molecule has 0 bridgehead atoms. The molecule has 4 nitrogen and oxygen atoms in total. The molecule has 2 aromatic carbocycles. The molecule has 1 unspecified atom stereocenters. The van der Waals surface area contributed by atoms with Crippen LogP contribution < -0.4 is 14.2 Å². The number of para-hydroxylation sites is 1. The molecule has 0 saturated carbocycles. The second kappa shape index (κ2) is 8.73. The van der Waals surface area contributed by atoms with Crippen molar-refractivity contribution in [1.29, 1.82) is 0 Å². The third-order valence-corrected chi connectivity index (χ3v) is 3.62. The van der Waals surface area contributed by atoms with E-state index in [1.807, 2.05) is 72.8 Å². The van der Waals surface area contributed by atoms with Gasteiger partial charge in [0.2, 0.25) is 5.88 Å². The highest BCUT2D eigenvalue weighted by Gasteiger charge is 2.10. The Labute approximate surface area is 148 Å². The van der Waals surface area contributed by atoms with Crippen LogP contribution in [0.25, 0.3) is 0 Å². The van der Waals surface area contributed by atoms with E-state index < -0.39 is 0 Å². The molecule has 0 amide bonds. The summed E-state index contributed by atoms with van der Waals surface area (Å²) in [4.78, 5) is 4.18. The van der Waals surface area contributed by atoms with E-state index in [-0.39, 0.29) is 6.10 Å². The van der Waals surface area contributed by atoms with Crippen molar-refractivity contribution >= 4 is 0 Å². The summed E-state index contributed by atoms with van der Waals surface area (Å²) < 4.78 is 17.4. The summed E-state index contributed by atoms with van der Waals surface area (Å²) in [5.74, 6) is 2.98. The summed E-state index contributed by atoms with van der Waals surface area (Å²) in [6.07, 6.45) is 2.51. The highest BCUT2D eigenvalue weighted by Crippen LogP contribution is 2.23. The van der Waals surface area contributed by atoms with Crippen molar-refractivity contribution in [2.75, 3.05) is 6.61 Å². The van der Waals surface area contributed by atoms with Gasteiger partial charge in [-0.05, 0) is 48.9 Å². The minimum Gasteiger partial charge on any atom is -0.490 e. The molecule has 0 radical (unpaired) electrons. The van der Waals surface area contributed by atoms with E-state index in [1.165, 1.54) is 0 Å². The van der Waals surface area contributed by atoms with Crippen LogP contribution in [0.2, 0.25) is 0 Å². The van der Waals surface area contributed by atoms with Gasteiger partial charge in [-0.15, -0.1) is 0 Å². The lowest BCUT2D eigenvalue weighted by Gasteiger charge is -2.17. The van der Waals surface area contributed by atoms with Gasteiger partial charge < -0.3 is 14.2 Å². The van der Waals surface area contributed by atoms with E-state index in [0.717, 1.165) is 23.7 Å². The predicted octanol–water partition coefficient (Wildman–Crippen LogP) is 5.11. The Hall–Kier alpha value is -3.01. The number of hydrogen-bond acceptors (Lipinski definition) is 4. The summed E-state index contributed by atoms with van der Waals surface area (Å²) in [6.45, 7) is 2.53. The molecule has 25 heavy (non-hydrogen) atoms. The SMILES string of the molecule is CCC(COc1ccc(Oc2ccccc2)cc1)Oc1ccccn1. The lowest BCUT2D eigenvalue weighted by molar-refractivity contribution is 0.120. The number of rotatable bonds is 8. The molecule has 1 aromatic heterocycles. The van der Waals surface area contributed by atoms with Gasteiger partial charge >= 0.3 is 0 Å². The Morgan fingerprint density at radius 1 is 0.800 bits per heavy atom. The number of pyridine rings is 1. The number of nitrogens with zero attached hydrogens (tertiary/aromatic N) is 1.